The summed E-state index contributed by atoms with van der Waals surface area (Å²) in [6, 6.07) is 6.30. The van der Waals surface area contributed by atoms with Gasteiger partial charge >= 0.3 is 5.97 Å². The van der Waals surface area contributed by atoms with Crippen LogP contribution in [0.1, 0.15) is 159 Å². The highest BCUT2D eigenvalue weighted by atomic mass is 16.4. The molecule has 0 aromatic heterocycles. The van der Waals surface area contributed by atoms with Crippen LogP contribution in [0.5, 0.6) is 0 Å². The van der Waals surface area contributed by atoms with E-state index in [1.54, 1.807) is 18.2 Å². The summed E-state index contributed by atoms with van der Waals surface area (Å²) in [5, 5.41) is 26.8. The van der Waals surface area contributed by atoms with Crippen LogP contribution in [-0.2, 0) is 4.79 Å². The molecular formula is C45H68N2O5. The number of carbonyl (C=O) groups excluding carboxylic acids is 2. The lowest BCUT2D eigenvalue weighted by Crippen LogP contribution is -2.67. The Morgan fingerprint density at radius 2 is 1.40 bits per heavy atom. The molecule has 288 valence electrons. The number of benzene rings is 1. The van der Waals surface area contributed by atoms with E-state index in [-0.39, 0.29) is 50.2 Å². The van der Waals surface area contributed by atoms with Gasteiger partial charge in [-0.05, 0) is 147 Å². The number of carboxylic acid groups (broad SMARTS) is 1. The molecule has 0 heterocycles. The molecule has 1 aromatic rings. The fourth-order valence-electron chi connectivity index (χ4n) is 13.8. The van der Waals surface area contributed by atoms with Crippen LogP contribution < -0.4 is 10.6 Å². The predicted octanol–water partition coefficient (Wildman–Crippen LogP) is 9.20. The van der Waals surface area contributed by atoms with Crippen molar-refractivity contribution in [3.05, 3.63) is 47.5 Å². The van der Waals surface area contributed by atoms with Crippen molar-refractivity contribution >= 4 is 17.8 Å². The van der Waals surface area contributed by atoms with Gasteiger partial charge in [0.2, 0.25) is 5.91 Å². The van der Waals surface area contributed by atoms with E-state index in [4.69, 9.17) is 0 Å². The van der Waals surface area contributed by atoms with E-state index in [9.17, 15) is 24.6 Å². The second-order valence-corrected chi connectivity index (χ2v) is 19.3. The number of aliphatic hydroxyl groups excluding tert-OH is 1. The van der Waals surface area contributed by atoms with Crippen molar-refractivity contribution in [1.82, 2.24) is 10.6 Å². The Balaban J connectivity index is 1.04. The Kier molecular flexibility index (Phi) is 10.9. The Morgan fingerprint density at radius 3 is 2.08 bits per heavy atom. The molecule has 10 atom stereocenters. The van der Waals surface area contributed by atoms with Crippen molar-refractivity contribution in [1.29, 1.82) is 0 Å². The molecule has 7 nitrogen and oxygen atoms in total. The number of carbonyl (C=O) groups is 3. The number of amides is 2. The number of carboxylic acids is 1. The third kappa shape index (κ3) is 6.27. The maximum absolute atomic E-state index is 14.4. The third-order valence-corrected chi connectivity index (χ3v) is 16.8. The number of aliphatic hydroxyl groups is 1. The monoisotopic (exact) mass is 717 g/mol. The van der Waals surface area contributed by atoms with Crippen molar-refractivity contribution in [3.63, 3.8) is 0 Å². The smallest absolute Gasteiger partial charge is 0.336 e. The predicted molar refractivity (Wildman–Crippen MR) is 207 cm³/mol. The molecular weight excluding hydrogens is 649 g/mol. The number of rotatable bonds is 12. The zero-order valence-corrected chi connectivity index (χ0v) is 33.1. The summed E-state index contributed by atoms with van der Waals surface area (Å²) in [7, 11) is 0. The van der Waals surface area contributed by atoms with Gasteiger partial charge in [0.05, 0.1) is 22.6 Å². The number of hydrogen-bond acceptors (Lipinski definition) is 4. The van der Waals surface area contributed by atoms with Gasteiger partial charge in [-0.1, -0.05) is 78.2 Å². The van der Waals surface area contributed by atoms with E-state index in [0.29, 0.717) is 48.6 Å². The second-order valence-electron chi connectivity index (χ2n) is 19.3. The van der Waals surface area contributed by atoms with Crippen molar-refractivity contribution in [2.24, 2.45) is 56.7 Å². The van der Waals surface area contributed by atoms with Gasteiger partial charge < -0.3 is 20.8 Å². The first kappa shape index (κ1) is 39.0. The van der Waals surface area contributed by atoms with Gasteiger partial charge in [-0.15, -0.1) is 0 Å². The number of fused-ring (bicyclic) bond motifs is 7. The molecule has 0 bridgehead atoms. The Labute approximate surface area is 313 Å². The number of hydrogen-bond donors (Lipinski definition) is 4. The minimum absolute atomic E-state index is 0.0203. The first-order chi connectivity index (χ1) is 24.5. The Bertz CT molecular complexity index is 1540. The van der Waals surface area contributed by atoms with Gasteiger partial charge in [0, 0.05) is 13.1 Å². The number of aromatic carboxylic acids is 1. The lowest BCUT2D eigenvalue weighted by Gasteiger charge is -2.72. The molecule has 0 spiro atoms. The highest BCUT2D eigenvalue weighted by Crippen LogP contribution is 2.77. The van der Waals surface area contributed by atoms with Crippen molar-refractivity contribution in [2.45, 2.75) is 144 Å². The molecule has 4 N–H and O–H groups in total. The van der Waals surface area contributed by atoms with Crippen LogP contribution in [0.2, 0.25) is 0 Å². The second kappa shape index (κ2) is 14.5. The van der Waals surface area contributed by atoms with Crippen LogP contribution in [0, 0.1) is 56.7 Å². The average Bonchev–Trinajstić information content (AvgIpc) is 3.51. The van der Waals surface area contributed by atoms with Gasteiger partial charge in [-0.3, -0.25) is 9.59 Å². The molecule has 6 rings (SSSR count). The van der Waals surface area contributed by atoms with E-state index in [0.717, 1.165) is 70.6 Å². The number of nitrogens with one attached hydrogen (secondary N) is 2. The standard InChI is InChI=1S/C45H68N2O5/c1-29(2)30-19-24-45(40(52)47-28-14-10-8-9-13-27-46-38(49)31-15-11-12-16-32(31)39(50)51)26-25-43(6)33(37(30)45)17-18-35-42(5)22-21-36(48)41(3,4)34(42)20-23-44(35,43)7/h11-12,15-16,30,33-37,48H,1,8-10,13-14,17-28H2,2-7H3,(H,46,49)(H,47,52)(H,50,51)/t30-,33+,34-,35+,36-,37+,42-,43+,44+,45-/m0/s1. The summed E-state index contributed by atoms with van der Waals surface area (Å²) in [6.45, 7) is 20.5. The summed E-state index contributed by atoms with van der Waals surface area (Å²) in [6.07, 6.45) is 15.7. The van der Waals surface area contributed by atoms with Crippen LogP contribution in [0.3, 0.4) is 0 Å². The minimum Gasteiger partial charge on any atom is -0.478 e. The highest BCUT2D eigenvalue weighted by molar-refractivity contribution is 6.04. The van der Waals surface area contributed by atoms with Crippen molar-refractivity contribution < 1.29 is 24.6 Å². The summed E-state index contributed by atoms with van der Waals surface area (Å²) < 4.78 is 0. The quantitative estimate of drug-likeness (QED) is 0.127. The molecule has 5 aliphatic carbocycles. The molecule has 5 aliphatic rings. The van der Waals surface area contributed by atoms with E-state index in [2.05, 4.69) is 58.8 Å². The molecule has 1 aromatic carbocycles. The first-order valence-corrected chi connectivity index (χ1v) is 20.8. The fraction of sp³-hybridized carbons (Fsp3) is 0.756. The summed E-state index contributed by atoms with van der Waals surface area (Å²) in [4.78, 5) is 38.4. The SMILES string of the molecule is C=C(C)[C@@H]1CC[C@]2(C(=O)NCCCCCCCNC(=O)c3ccccc3C(=O)O)CC[C@]3(C)[C@H](CC[C@@H]4[C@@]5(C)CC[C@H](O)C(C)(C)[C@@H]5CC[C@]43C)[C@@H]12. The lowest BCUT2D eigenvalue weighted by molar-refractivity contribution is -0.246. The van der Waals surface area contributed by atoms with Gasteiger partial charge in [0.1, 0.15) is 0 Å². The first-order valence-electron chi connectivity index (χ1n) is 20.8. The molecule has 0 aliphatic heterocycles. The van der Waals surface area contributed by atoms with Crippen LogP contribution in [0.15, 0.2) is 36.4 Å². The third-order valence-electron chi connectivity index (χ3n) is 16.8. The zero-order valence-electron chi connectivity index (χ0n) is 33.1. The van der Waals surface area contributed by atoms with Crippen molar-refractivity contribution in [2.75, 3.05) is 13.1 Å². The normalized spacial score (nSPS) is 38.9. The largest absolute Gasteiger partial charge is 0.478 e. The summed E-state index contributed by atoms with van der Waals surface area (Å²) in [5.41, 5.74) is 1.81. The van der Waals surface area contributed by atoms with Crippen LogP contribution >= 0.6 is 0 Å². The molecule has 2 amide bonds. The molecule has 7 heteroatoms. The fourth-order valence-corrected chi connectivity index (χ4v) is 13.8. The molecule has 5 saturated carbocycles. The van der Waals surface area contributed by atoms with E-state index in [1.807, 2.05) is 0 Å². The maximum Gasteiger partial charge on any atom is 0.336 e. The van der Waals surface area contributed by atoms with Crippen LogP contribution in [0.4, 0.5) is 0 Å². The maximum atomic E-state index is 14.4. The molecule has 0 radical (unpaired) electrons. The minimum atomic E-state index is -1.10. The van der Waals surface area contributed by atoms with Gasteiger partial charge in [-0.2, -0.15) is 0 Å². The van der Waals surface area contributed by atoms with Gasteiger partial charge in [0.15, 0.2) is 0 Å². The lowest BCUT2D eigenvalue weighted by atomic mass is 9.32. The van der Waals surface area contributed by atoms with E-state index < -0.39 is 5.97 Å². The zero-order chi connectivity index (χ0) is 37.7. The van der Waals surface area contributed by atoms with Crippen molar-refractivity contribution in [3.8, 4) is 0 Å². The van der Waals surface area contributed by atoms with Crippen LogP contribution in [0.25, 0.3) is 0 Å². The topological polar surface area (TPSA) is 116 Å². The molecule has 52 heavy (non-hydrogen) atoms. The molecule has 5 fully saturated rings. The molecule has 0 unspecified atom stereocenters. The van der Waals surface area contributed by atoms with Gasteiger partial charge in [0.25, 0.3) is 5.91 Å². The Morgan fingerprint density at radius 1 is 0.750 bits per heavy atom. The summed E-state index contributed by atoms with van der Waals surface area (Å²) in [5.74, 6) is 1.34. The van der Waals surface area contributed by atoms with Crippen LogP contribution in [-0.4, -0.2) is 47.2 Å². The van der Waals surface area contributed by atoms with E-state index in [1.165, 1.54) is 37.3 Å². The Hall–Kier alpha value is -2.67. The average molecular weight is 717 g/mol. The number of allylic oxidation sites excluding steroid dienone is 1. The van der Waals surface area contributed by atoms with E-state index >= 15 is 0 Å². The summed E-state index contributed by atoms with van der Waals surface area (Å²) >= 11 is 0. The highest BCUT2D eigenvalue weighted by Gasteiger charge is 2.71. The number of unbranched alkanes of at least 4 members (excludes halogenated alkanes) is 4. The molecule has 0 saturated heterocycles. The van der Waals surface area contributed by atoms with Gasteiger partial charge in [-0.25, -0.2) is 4.79 Å².